The summed E-state index contributed by atoms with van der Waals surface area (Å²) in [6, 6.07) is 18.2. The first-order valence-electron chi connectivity index (χ1n) is 16.3. The van der Waals surface area contributed by atoms with E-state index in [1.54, 1.807) is 45.4 Å². The molecule has 2 aliphatic heterocycles. The Morgan fingerprint density at radius 3 is 1.86 bits per heavy atom. The van der Waals surface area contributed by atoms with E-state index < -0.39 is 29.4 Å². The first-order valence-corrected chi connectivity index (χ1v) is 16.3. The van der Waals surface area contributed by atoms with Gasteiger partial charge in [0.2, 0.25) is 0 Å². The number of hydrogen-bond acceptors (Lipinski definition) is 8. The zero-order valence-corrected chi connectivity index (χ0v) is 28.7. The van der Waals surface area contributed by atoms with Crippen molar-refractivity contribution in [2.75, 3.05) is 40.4 Å². The molecule has 0 saturated carbocycles. The normalized spacial score (nSPS) is 18.2. The molecule has 1 atom stereocenters. The molecule has 272 valence electrons. The summed E-state index contributed by atoms with van der Waals surface area (Å²) in [6.45, 7) is 4.03. The van der Waals surface area contributed by atoms with Crippen LogP contribution in [-0.2, 0) is 20.7 Å². The summed E-state index contributed by atoms with van der Waals surface area (Å²) in [4.78, 5) is 35.8. The van der Waals surface area contributed by atoms with E-state index >= 15 is 0 Å². The van der Waals surface area contributed by atoms with E-state index in [1.165, 1.54) is 29.2 Å². The highest BCUT2D eigenvalue weighted by Gasteiger charge is 2.62. The van der Waals surface area contributed by atoms with E-state index in [2.05, 4.69) is 11.0 Å². The van der Waals surface area contributed by atoms with Gasteiger partial charge in [-0.2, -0.15) is 0 Å². The fraction of sp³-hybridized carbons (Fsp3) is 0.342. The van der Waals surface area contributed by atoms with Crippen molar-refractivity contribution in [2.45, 2.75) is 43.9 Å². The predicted octanol–water partition coefficient (Wildman–Crippen LogP) is 5.75. The topological polar surface area (TPSA) is 146 Å². The number of halogens is 2. The van der Waals surface area contributed by atoms with Crippen LogP contribution in [0.15, 0.2) is 85.0 Å². The van der Waals surface area contributed by atoms with Crippen molar-refractivity contribution in [3.05, 3.63) is 113 Å². The van der Waals surface area contributed by atoms with Gasteiger partial charge in [-0.3, -0.25) is 4.90 Å². The summed E-state index contributed by atoms with van der Waals surface area (Å²) in [7, 11) is 3.16. The number of carboxylic acid groups (broad SMARTS) is 2. The van der Waals surface area contributed by atoms with E-state index in [-0.39, 0.29) is 11.6 Å². The van der Waals surface area contributed by atoms with Crippen LogP contribution in [0, 0.1) is 11.6 Å². The number of aliphatic carboxylic acids is 2. The van der Waals surface area contributed by atoms with Gasteiger partial charge in [-0.05, 0) is 78.4 Å². The summed E-state index contributed by atoms with van der Waals surface area (Å²) in [5.74, 6) is -1.90. The molecular weight excluding hydrogens is 666 g/mol. The molecule has 2 heterocycles. The Bertz CT molecular complexity index is 1670. The third-order valence-electron chi connectivity index (χ3n) is 9.10. The number of carboxylic acids is 2. The Hall–Kier alpha value is -5.27. The molecular formula is C38H42F2N2O9. The van der Waals surface area contributed by atoms with E-state index in [9.17, 15) is 28.3 Å². The Kier molecular flexibility index (Phi) is 12.9. The highest BCUT2D eigenvalue weighted by Crippen LogP contribution is 2.44. The molecule has 0 aliphatic carbocycles. The molecule has 0 aromatic heterocycles. The van der Waals surface area contributed by atoms with Gasteiger partial charge in [-0.1, -0.05) is 36.4 Å². The largest absolute Gasteiger partial charge is 0.493 e. The van der Waals surface area contributed by atoms with Crippen LogP contribution in [0.3, 0.4) is 0 Å². The van der Waals surface area contributed by atoms with Crippen LogP contribution in [0.1, 0.15) is 42.9 Å². The maximum Gasteiger partial charge on any atom is 0.412 e. The van der Waals surface area contributed by atoms with Crippen molar-refractivity contribution in [3.8, 4) is 11.5 Å². The van der Waals surface area contributed by atoms with Crippen molar-refractivity contribution in [3.63, 3.8) is 0 Å². The third kappa shape index (κ3) is 9.71. The number of likely N-dealkylation sites (tertiary alicyclic amines) is 1. The lowest BCUT2D eigenvalue weighted by Crippen LogP contribution is -2.60. The van der Waals surface area contributed by atoms with Crippen LogP contribution < -0.4 is 9.47 Å². The summed E-state index contributed by atoms with van der Waals surface area (Å²) in [6.07, 6.45) is 4.94. The number of rotatable bonds is 12. The van der Waals surface area contributed by atoms with E-state index in [0.717, 1.165) is 28.8 Å². The van der Waals surface area contributed by atoms with Gasteiger partial charge in [0, 0.05) is 51.2 Å². The number of nitrogens with zero attached hydrogens (tertiary/aromatic N) is 2. The number of ether oxygens (including phenoxy) is 3. The fourth-order valence-corrected chi connectivity index (χ4v) is 6.24. The van der Waals surface area contributed by atoms with Crippen LogP contribution in [0.2, 0.25) is 0 Å². The first kappa shape index (κ1) is 38.5. The molecule has 11 nitrogen and oxygen atoms in total. The second-order valence-corrected chi connectivity index (χ2v) is 12.2. The molecule has 1 spiro atoms. The molecule has 2 fully saturated rings. The van der Waals surface area contributed by atoms with Gasteiger partial charge in [-0.25, -0.2) is 23.2 Å². The standard InChI is InChI=1S/C34H38F2N2O5.C4H4O4/c1-33(40)34(43-32(39)38(33)20-16-24-6-15-30(41-2)31(23-24)42-3)17-21-37(22-18-34)19-4-5-29(25-7-11-27(35)12-8-25)26-9-13-28(36)14-10-26;5-3(6)1-2-4(7)8/h5-15,23,40H,4,16-22H2,1-3H3;1-2H,(H,5,6)(H,7,8)/b;2-1-. The average Bonchev–Trinajstić information content (AvgIpc) is 3.29. The minimum Gasteiger partial charge on any atom is -0.493 e. The summed E-state index contributed by atoms with van der Waals surface area (Å²) in [5, 5.41) is 27.3. The maximum absolute atomic E-state index is 13.6. The molecule has 5 rings (SSSR count). The van der Waals surface area contributed by atoms with Crippen molar-refractivity contribution >= 4 is 23.6 Å². The Morgan fingerprint density at radius 1 is 0.843 bits per heavy atom. The van der Waals surface area contributed by atoms with Gasteiger partial charge in [0.15, 0.2) is 22.8 Å². The minimum atomic E-state index is -1.45. The Labute approximate surface area is 295 Å². The van der Waals surface area contributed by atoms with Gasteiger partial charge in [-0.15, -0.1) is 0 Å². The summed E-state index contributed by atoms with van der Waals surface area (Å²) >= 11 is 0. The van der Waals surface area contributed by atoms with Crippen LogP contribution in [0.25, 0.3) is 5.57 Å². The van der Waals surface area contributed by atoms with Crippen LogP contribution >= 0.6 is 0 Å². The summed E-state index contributed by atoms with van der Waals surface area (Å²) < 4.78 is 43.7. The highest BCUT2D eigenvalue weighted by atomic mass is 19.1. The third-order valence-corrected chi connectivity index (χ3v) is 9.10. The number of methoxy groups -OCH3 is 2. The van der Waals surface area contributed by atoms with Gasteiger partial charge in [0.25, 0.3) is 0 Å². The lowest BCUT2D eigenvalue weighted by atomic mass is 9.82. The molecule has 51 heavy (non-hydrogen) atoms. The molecule has 1 unspecified atom stereocenters. The number of amides is 1. The highest BCUT2D eigenvalue weighted by molar-refractivity contribution is 5.89. The number of hydrogen-bond donors (Lipinski definition) is 3. The predicted molar refractivity (Wildman–Crippen MR) is 184 cm³/mol. The fourth-order valence-electron chi connectivity index (χ4n) is 6.24. The van der Waals surface area contributed by atoms with Crippen LogP contribution in [0.5, 0.6) is 11.5 Å². The van der Waals surface area contributed by atoms with Gasteiger partial charge >= 0.3 is 18.0 Å². The number of carbonyl (C=O) groups excluding carboxylic acids is 1. The molecule has 1 amide bonds. The molecule has 13 heteroatoms. The van der Waals surface area contributed by atoms with E-state index in [4.69, 9.17) is 24.4 Å². The smallest absolute Gasteiger partial charge is 0.412 e. The Morgan fingerprint density at radius 2 is 1.37 bits per heavy atom. The molecule has 0 radical (unpaired) electrons. The van der Waals surface area contributed by atoms with Crippen molar-refractivity contribution < 1.29 is 52.7 Å². The summed E-state index contributed by atoms with van der Waals surface area (Å²) in [5.41, 5.74) is 1.13. The maximum atomic E-state index is 13.6. The van der Waals surface area contributed by atoms with Gasteiger partial charge in [0.1, 0.15) is 11.6 Å². The number of piperidine rings is 1. The lowest BCUT2D eigenvalue weighted by molar-refractivity contribution is -0.164. The number of aliphatic hydroxyl groups is 1. The number of benzene rings is 3. The lowest BCUT2D eigenvalue weighted by Gasteiger charge is -2.45. The minimum absolute atomic E-state index is 0.299. The second-order valence-electron chi connectivity index (χ2n) is 12.2. The molecule has 3 aromatic carbocycles. The van der Waals surface area contributed by atoms with Gasteiger partial charge in [0.05, 0.1) is 14.2 Å². The molecule has 0 bridgehead atoms. The zero-order chi connectivity index (χ0) is 37.2. The van der Waals surface area contributed by atoms with Crippen molar-refractivity contribution in [1.82, 2.24) is 9.80 Å². The quantitative estimate of drug-likeness (QED) is 0.199. The van der Waals surface area contributed by atoms with E-state index in [1.807, 2.05) is 18.2 Å². The average molecular weight is 709 g/mol. The van der Waals surface area contributed by atoms with Crippen LogP contribution in [0.4, 0.5) is 13.6 Å². The van der Waals surface area contributed by atoms with E-state index in [0.29, 0.717) is 69.0 Å². The number of carbonyl (C=O) groups is 3. The van der Waals surface area contributed by atoms with Crippen molar-refractivity contribution in [1.29, 1.82) is 0 Å². The second kappa shape index (κ2) is 17.1. The molecule has 2 aliphatic rings. The molecule has 3 aromatic rings. The van der Waals surface area contributed by atoms with Crippen LogP contribution in [-0.4, -0.2) is 94.9 Å². The van der Waals surface area contributed by atoms with Crippen molar-refractivity contribution in [2.24, 2.45) is 0 Å². The monoisotopic (exact) mass is 708 g/mol. The molecule has 2 saturated heterocycles. The molecule has 3 N–H and O–H groups in total. The van der Waals surface area contributed by atoms with Gasteiger partial charge < -0.3 is 34.4 Å². The first-order chi connectivity index (χ1) is 24.3. The Balaban J connectivity index is 0.000000652. The SMILES string of the molecule is COc1ccc(CCN2C(=O)OC3(CCN(CCC=C(c4ccc(F)cc4)c4ccc(F)cc4)CC3)C2(C)O)cc1OC.O=C(O)/C=C\C(=O)O. The zero-order valence-electron chi connectivity index (χ0n) is 28.7.